The average molecular weight is 291 g/mol. The van der Waals surface area contributed by atoms with Crippen LogP contribution in [0.4, 0.5) is 5.69 Å². The van der Waals surface area contributed by atoms with E-state index in [1.54, 1.807) is 18.9 Å². The maximum Gasteiger partial charge on any atom is 0.0924 e. The van der Waals surface area contributed by atoms with Crippen LogP contribution in [0.25, 0.3) is 11.3 Å². The van der Waals surface area contributed by atoms with Crippen molar-refractivity contribution in [3.63, 3.8) is 0 Å². The molecule has 1 heterocycles. The number of benzene rings is 1. The number of nitrogens with zero attached hydrogens (tertiary/aromatic N) is 2. The lowest BCUT2D eigenvalue weighted by atomic mass is 9.98. The minimum absolute atomic E-state index is 0.187. The number of aliphatic imine (C=N–C) groups is 1. The zero-order valence-corrected chi connectivity index (χ0v) is 12.7. The van der Waals surface area contributed by atoms with E-state index in [2.05, 4.69) is 41.0 Å². The zero-order chi connectivity index (χ0) is 14.6. The number of aromatic amines is 1. The molecule has 0 unspecified atom stereocenters. The summed E-state index contributed by atoms with van der Waals surface area (Å²) in [6.07, 6.45) is 5.11. The van der Waals surface area contributed by atoms with Crippen LogP contribution < -0.4 is 5.32 Å². The van der Waals surface area contributed by atoms with Gasteiger partial charge in [0, 0.05) is 12.1 Å². The summed E-state index contributed by atoms with van der Waals surface area (Å²) >= 11 is 6.26. The summed E-state index contributed by atoms with van der Waals surface area (Å²) in [6, 6.07) is 5.82. The predicted molar refractivity (Wildman–Crippen MR) is 85.5 cm³/mol. The summed E-state index contributed by atoms with van der Waals surface area (Å²) in [7, 11) is 0. The normalized spacial score (nSPS) is 12.0. The van der Waals surface area contributed by atoms with Crippen molar-refractivity contribution in [3.8, 4) is 11.3 Å². The van der Waals surface area contributed by atoms with Gasteiger partial charge < -0.3 is 10.3 Å². The lowest BCUT2D eigenvalue weighted by molar-refractivity contribution is 0.430. The summed E-state index contributed by atoms with van der Waals surface area (Å²) in [6.45, 7) is 7.22. The number of hydrogen-bond donors (Lipinski definition) is 2. The molecular formula is C15H19ClN4. The lowest BCUT2D eigenvalue weighted by Gasteiger charge is -2.14. The number of H-pyrrole nitrogens is 1. The summed E-state index contributed by atoms with van der Waals surface area (Å²) < 4.78 is 0. The number of aromatic nitrogens is 2. The molecule has 5 heteroatoms. The van der Waals surface area contributed by atoms with Gasteiger partial charge in [0.15, 0.2) is 0 Å². The SMILES string of the molecule is CC(C)(C)CN=CNc1ccc(-c2cnc[nH]2)cc1Cl. The first-order valence-electron chi connectivity index (χ1n) is 6.49. The van der Waals surface area contributed by atoms with Gasteiger partial charge in [-0.15, -0.1) is 0 Å². The van der Waals surface area contributed by atoms with Gasteiger partial charge in [0.2, 0.25) is 0 Å². The maximum absolute atomic E-state index is 6.26. The largest absolute Gasteiger partial charge is 0.346 e. The van der Waals surface area contributed by atoms with E-state index < -0.39 is 0 Å². The highest BCUT2D eigenvalue weighted by Gasteiger charge is 2.07. The number of rotatable bonds is 4. The Balaban J connectivity index is 2.03. The molecule has 0 fully saturated rings. The molecular weight excluding hydrogens is 272 g/mol. The first kappa shape index (κ1) is 14.6. The third-order valence-corrected chi connectivity index (χ3v) is 2.97. The highest BCUT2D eigenvalue weighted by atomic mass is 35.5. The summed E-state index contributed by atoms with van der Waals surface area (Å²) in [5.74, 6) is 0. The van der Waals surface area contributed by atoms with Crippen molar-refractivity contribution >= 4 is 23.6 Å². The van der Waals surface area contributed by atoms with Crippen molar-refractivity contribution in [2.24, 2.45) is 10.4 Å². The number of nitrogens with one attached hydrogen (secondary N) is 2. The molecule has 1 aromatic heterocycles. The third kappa shape index (κ3) is 4.10. The molecule has 0 atom stereocenters. The second-order valence-corrected chi connectivity index (χ2v) is 6.24. The molecule has 0 bridgehead atoms. The highest BCUT2D eigenvalue weighted by molar-refractivity contribution is 6.33. The highest BCUT2D eigenvalue weighted by Crippen LogP contribution is 2.27. The van der Waals surface area contributed by atoms with E-state index in [-0.39, 0.29) is 5.41 Å². The fourth-order valence-electron chi connectivity index (χ4n) is 1.65. The molecule has 0 aliphatic carbocycles. The van der Waals surface area contributed by atoms with E-state index in [0.29, 0.717) is 5.02 Å². The summed E-state index contributed by atoms with van der Waals surface area (Å²) in [4.78, 5) is 11.4. The van der Waals surface area contributed by atoms with Crippen LogP contribution >= 0.6 is 11.6 Å². The Hall–Kier alpha value is -1.81. The second-order valence-electron chi connectivity index (χ2n) is 5.83. The molecule has 1 aromatic carbocycles. The quantitative estimate of drug-likeness (QED) is 0.654. The molecule has 0 spiro atoms. The van der Waals surface area contributed by atoms with Crippen molar-refractivity contribution in [3.05, 3.63) is 35.7 Å². The van der Waals surface area contributed by atoms with Gasteiger partial charge in [0.25, 0.3) is 0 Å². The lowest BCUT2D eigenvalue weighted by Crippen LogP contribution is -2.10. The molecule has 106 valence electrons. The van der Waals surface area contributed by atoms with E-state index in [9.17, 15) is 0 Å². The Kier molecular flexibility index (Phi) is 4.45. The van der Waals surface area contributed by atoms with Crippen LogP contribution in [0.15, 0.2) is 35.7 Å². The predicted octanol–water partition coefficient (Wildman–Crippen LogP) is 4.22. The zero-order valence-electron chi connectivity index (χ0n) is 11.9. The fraction of sp³-hybridized carbons (Fsp3) is 0.333. The van der Waals surface area contributed by atoms with Gasteiger partial charge in [0.05, 0.1) is 35.3 Å². The maximum atomic E-state index is 6.26. The van der Waals surface area contributed by atoms with Gasteiger partial charge in [-0.05, 0) is 17.5 Å². The van der Waals surface area contributed by atoms with Gasteiger partial charge in [0.1, 0.15) is 0 Å². The van der Waals surface area contributed by atoms with Crippen molar-refractivity contribution < 1.29 is 0 Å². The molecule has 0 saturated carbocycles. The minimum atomic E-state index is 0.187. The Morgan fingerprint density at radius 2 is 2.20 bits per heavy atom. The number of hydrogen-bond acceptors (Lipinski definition) is 2. The molecule has 20 heavy (non-hydrogen) atoms. The molecule has 0 radical (unpaired) electrons. The first-order chi connectivity index (χ1) is 9.46. The Bertz CT molecular complexity index is 582. The number of halogens is 1. The standard InChI is InChI=1S/C15H19ClN4/c1-15(2,3)8-18-10-19-13-5-4-11(6-12(13)16)14-7-17-9-20-14/h4-7,9-10H,8H2,1-3H3,(H,17,20)(H,18,19). The van der Waals surface area contributed by atoms with Gasteiger partial charge in [-0.3, -0.25) is 4.99 Å². The van der Waals surface area contributed by atoms with Crippen LogP contribution in [-0.2, 0) is 0 Å². The van der Waals surface area contributed by atoms with Crippen LogP contribution in [0.3, 0.4) is 0 Å². The van der Waals surface area contributed by atoms with Crippen LogP contribution in [0.5, 0.6) is 0 Å². The van der Waals surface area contributed by atoms with Gasteiger partial charge >= 0.3 is 0 Å². The van der Waals surface area contributed by atoms with E-state index in [0.717, 1.165) is 23.5 Å². The van der Waals surface area contributed by atoms with Crippen LogP contribution in [0, 0.1) is 5.41 Å². The molecule has 0 saturated heterocycles. The first-order valence-corrected chi connectivity index (χ1v) is 6.87. The van der Waals surface area contributed by atoms with Crippen molar-refractivity contribution in [2.75, 3.05) is 11.9 Å². The molecule has 0 aliphatic rings. The van der Waals surface area contributed by atoms with E-state index >= 15 is 0 Å². The van der Waals surface area contributed by atoms with Crippen LogP contribution in [0.1, 0.15) is 20.8 Å². The third-order valence-electron chi connectivity index (χ3n) is 2.66. The van der Waals surface area contributed by atoms with Crippen LogP contribution in [0.2, 0.25) is 5.02 Å². The van der Waals surface area contributed by atoms with E-state index in [1.807, 2.05) is 18.2 Å². The molecule has 0 amide bonds. The van der Waals surface area contributed by atoms with Crippen molar-refractivity contribution in [1.82, 2.24) is 9.97 Å². The molecule has 0 aliphatic heterocycles. The molecule has 2 aromatic rings. The van der Waals surface area contributed by atoms with Crippen molar-refractivity contribution in [2.45, 2.75) is 20.8 Å². The second kappa shape index (κ2) is 6.09. The molecule has 2 rings (SSSR count). The Labute approximate surface area is 124 Å². The van der Waals surface area contributed by atoms with Gasteiger partial charge in [-0.2, -0.15) is 0 Å². The Morgan fingerprint density at radius 3 is 2.80 bits per heavy atom. The fourth-order valence-corrected chi connectivity index (χ4v) is 1.88. The smallest absolute Gasteiger partial charge is 0.0924 e. The molecule has 4 nitrogen and oxygen atoms in total. The van der Waals surface area contributed by atoms with Gasteiger partial charge in [-0.25, -0.2) is 4.98 Å². The van der Waals surface area contributed by atoms with Crippen molar-refractivity contribution in [1.29, 1.82) is 0 Å². The number of imidazole rings is 1. The molecule has 2 N–H and O–H groups in total. The number of anilines is 1. The minimum Gasteiger partial charge on any atom is -0.346 e. The Morgan fingerprint density at radius 1 is 1.40 bits per heavy atom. The van der Waals surface area contributed by atoms with Crippen LogP contribution in [-0.4, -0.2) is 22.9 Å². The average Bonchev–Trinajstić information content (AvgIpc) is 2.88. The van der Waals surface area contributed by atoms with E-state index in [1.165, 1.54) is 0 Å². The summed E-state index contributed by atoms with van der Waals surface area (Å²) in [5, 5.41) is 3.76. The van der Waals surface area contributed by atoms with E-state index in [4.69, 9.17) is 11.6 Å². The van der Waals surface area contributed by atoms with Gasteiger partial charge in [-0.1, -0.05) is 38.4 Å². The monoisotopic (exact) mass is 290 g/mol. The summed E-state index contributed by atoms with van der Waals surface area (Å²) in [5.41, 5.74) is 2.98. The topological polar surface area (TPSA) is 53.1 Å².